The molecule has 0 radical (unpaired) electrons. The minimum absolute atomic E-state index is 0.0436. The molecule has 0 bridgehead atoms. The summed E-state index contributed by atoms with van der Waals surface area (Å²) in [6, 6.07) is 5.74. The molecule has 0 aliphatic rings. The Hall–Kier alpha value is -2.41. The number of fused-ring (bicyclic) bond motifs is 1. The van der Waals surface area contributed by atoms with E-state index in [4.69, 9.17) is 4.74 Å². The van der Waals surface area contributed by atoms with Crippen LogP contribution in [-0.2, 0) is 18.3 Å². The number of nitrogens with one attached hydrogen (secondary N) is 1. The molecule has 0 saturated heterocycles. The zero-order valence-electron chi connectivity index (χ0n) is 13.1. The minimum Gasteiger partial charge on any atom is -0.494 e. The normalized spacial score (nSPS) is 10.9. The predicted molar refractivity (Wildman–Crippen MR) is 90.9 cm³/mol. The van der Waals surface area contributed by atoms with Gasteiger partial charge >= 0.3 is 0 Å². The second kappa shape index (κ2) is 6.78. The number of thiazole rings is 1. The smallest absolute Gasteiger partial charge is 0.226 e. The molecule has 3 aromatic rings. The topological polar surface area (TPSA) is 69.0 Å². The first kappa shape index (κ1) is 15.5. The van der Waals surface area contributed by atoms with Crippen LogP contribution in [-0.4, -0.2) is 27.3 Å². The van der Waals surface area contributed by atoms with Crippen LogP contribution in [0.25, 0.3) is 10.2 Å². The molecule has 0 spiro atoms. The van der Waals surface area contributed by atoms with Crippen molar-refractivity contribution in [2.75, 3.05) is 11.9 Å². The fraction of sp³-hybridized carbons (Fsp3) is 0.312. The van der Waals surface area contributed by atoms with Gasteiger partial charge in [0.25, 0.3) is 0 Å². The summed E-state index contributed by atoms with van der Waals surface area (Å²) < 4.78 is 8.21. The molecule has 0 unspecified atom stereocenters. The first-order valence-corrected chi connectivity index (χ1v) is 8.26. The second-order valence-electron chi connectivity index (χ2n) is 5.15. The molecular weight excluding hydrogens is 312 g/mol. The van der Waals surface area contributed by atoms with Crippen LogP contribution in [0.1, 0.15) is 18.9 Å². The monoisotopic (exact) mass is 330 g/mol. The van der Waals surface area contributed by atoms with E-state index < -0.39 is 0 Å². The first-order valence-electron chi connectivity index (χ1n) is 7.45. The Morgan fingerprint density at radius 2 is 2.30 bits per heavy atom. The van der Waals surface area contributed by atoms with E-state index in [9.17, 15) is 4.79 Å². The Labute approximate surface area is 138 Å². The Bertz CT molecular complexity index is 824. The molecule has 1 aromatic carbocycles. The van der Waals surface area contributed by atoms with Gasteiger partial charge in [0.1, 0.15) is 5.75 Å². The van der Waals surface area contributed by atoms with E-state index >= 15 is 0 Å². The predicted octanol–water partition coefficient (Wildman–Crippen LogP) is 3.00. The van der Waals surface area contributed by atoms with Gasteiger partial charge < -0.3 is 10.1 Å². The largest absolute Gasteiger partial charge is 0.494 e. The van der Waals surface area contributed by atoms with Crippen LogP contribution in [0.15, 0.2) is 30.6 Å². The first-order chi connectivity index (χ1) is 11.1. The van der Waals surface area contributed by atoms with Crippen molar-refractivity contribution in [3.05, 3.63) is 36.2 Å². The molecule has 2 heterocycles. The molecule has 0 fully saturated rings. The zero-order valence-corrected chi connectivity index (χ0v) is 13.9. The van der Waals surface area contributed by atoms with Crippen molar-refractivity contribution in [3.8, 4) is 5.75 Å². The number of aromatic nitrogens is 3. The highest BCUT2D eigenvalue weighted by molar-refractivity contribution is 7.22. The average Bonchev–Trinajstić information content (AvgIpc) is 3.10. The van der Waals surface area contributed by atoms with Gasteiger partial charge in [0.15, 0.2) is 5.13 Å². The van der Waals surface area contributed by atoms with E-state index in [-0.39, 0.29) is 5.91 Å². The highest BCUT2D eigenvalue weighted by Crippen LogP contribution is 2.29. The van der Waals surface area contributed by atoms with Crippen molar-refractivity contribution >= 4 is 32.6 Å². The number of ether oxygens (including phenoxy) is 1. The molecular formula is C16H18N4O2S. The molecule has 0 saturated carbocycles. The zero-order chi connectivity index (χ0) is 16.2. The number of carbonyl (C=O) groups is 1. The molecule has 6 nitrogen and oxygen atoms in total. The number of hydrogen-bond acceptors (Lipinski definition) is 5. The SMILES string of the molecule is CCOc1ccc2nc(NC(=O)CCc3cnn(C)c3)sc2c1. The summed E-state index contributed by atoms with van der Waals surface area (Å²) in [7, 11) is 1.86. The molecule has 2 aromatic heterocycles. The van der Waals surface area contributed by atoms with Gasteiger partial charge in [0.05, 0.1) is 23.0 Å². The lowest BCUT2D eigenvalue weighted by Gasteiger charge is -2.00. The number of aryl methyl sites for hydroxylation is 2. The van der Waals surface area contributed by atoms with Crippen LogP contribution in [0.4, 0.5) is 5.13 Å². The van der Waals surface area contributed by atoms with Crippen LogP contribution in [0, 0.1) is 0 Å². The summed E-state index contributed by atoms with van der Waals surface area (Å²) in [4.78, 5) is 16.5. The highest BCUT2D eigenvalue weighted by Gasteiger charge is 2.09. The third-order valence-electron chi connectivity index (χ3n) is 3.32. The number of amides is 1. The maximum atomic E-state index is 12.0. The molecule has 0 aliphatic carbocycles. The average molecular weight is 330 g/mol. The molecule has 3 rings (SSSR count). The minimum atomic E-state index is -0.0436. The van der Waals surface area contributed by atoms with Gasteiger partial charge in [0.2, 0.25) is 5.91 Å². The Morgan fingerprint density at radius 1 is 1.43 bits per heavy atom. The molecule has 0 atom stereocenters. The third kappa shape index (κ3) is 3.87. The molecule has 7 heteroatoms. The van der Waals surface area contributed by atoms with E-state index in [1.165, 1.54) is 11.3 Å². The van der Waals surface area contributed by atoms with Crippen molar-refractivity contribution in [3.63, 3.8) is 0 Å². The summed E-state index contributed by atoms with van der Waals surface area (Å²) in [6.07, 6.45) is 4.77. The van der Waals surface area contributed by atoms with Crippen LogP contribution in [0.2, 0.25) is 0 Å². The number of hydrogen-bond donors (Lipinski definition) is 1. The van der Waals surface area contributed by atoms with Gasteiger partial charge in [-0.25, -0.2) is 4.98 Å². The van der Waals surface area contributed by atoms with E-state index in [0.29, 0.717) is 24.6 Å². The summed E-state index contributed by atoms with van der Waals surface area (Å²) in [5, 5.41) is 7.57. The Morgan fingerprint density at radius 3 is 3.04 bits per heavy atom. The number of carbonyl (C=O) groups excluding carboxylic acids is 1. The van der Waals surface area contributed by atoms with Crippen LogP contribution < -0.4 is 10.1 Å². The van der Waals surface area contributed by atoms with E-state index in [2.05, 4.69) is 15.4 Å². The maximum absolute atomic E-state index is 12.0. The number of rotatable bonds is 6. The van der Waals surface area contributed by atoms with Crippen molar-refractivity contribution < 1.29 is 9.53 Å². The van der Waals surface area contributed by atoms with E-state index in [1.54, 1.807) is 10.9 Å². The van der Waals surface area contributed by atoms with Gasteiger partial charge in [-0.2, -0.15) is 5.10 Å². The molecule has 1 amide bonds. The van der Waals surface area contributed by atoms with Crippen molar-refractivity contribution in [1.29, 1.82) is 0 Å². The third-order valence-corrected chi connectivity index (χ3v) is 4.25. The van der Waals surface area contributed by atoms with Crippen LogP contribution in [0.3, 0.4) is 0 Å². The van der Waals surface area contributed by atoms with E-state index in [0.717, 1.165) is 21.5 Å². The standard InChI is InChI=1S/C16H18N4O2S/c1-3-22-12-5-6-13-14(8-12)23-16(18-13)19-15(21)7-4-11-9-17-20(2)10-11/h5-6,8-10H,3-4,7H2,1-2H3,(H,18,19,21). The summed E-state index contributed by atoms with van der Waals surface area (Å²) in [5.41, 5.74) is 1.91. The van der Waals surface area contributed by atoms with Crippen molar-refractivity contribution in [2.24, 2.45) is 7.05 Å². The van der Waals surface area contributed by atoms with Gasteiger partial charge in [0, 0.05) is 19.7 Å². The lowest BCUT2D eigenvalue weighted by molar-refractivity contribution is -0.116. The highest BCUT2D eigenvalue weighted by atomic mass is 32.1. The Kier molecular flexibility index (Phi) is 4.57. The van der Waals surface area contributed by atoms with Crippen molar-refractivity contribution in [1.82, 2.24) is 14.8 Å². The summed E-state index contributed by atoms with van der Waals surface area (Å²) in [6.45, 7) is 2.58. The summed E-state index contributed by atoms with van der Waals surface area (Å²) in [5.74, 6) is 0.774. The lowest BCUT2D eigenvalue weighted by atomic mass is 10.2. The fourth-order valence-corrected chi connectivity index (χ4v) is 3.17. The lowest BCUT2D eigenvalue weighted by Crippen LogP contribution is -2.11. The number of benzene rings is 1. The van der Waals surface area contributed by atoms with E-state index in [1.807, 2.05) is 38.4 Å². The molecule has 1 N–H and O–H groups in total. The Balaban J connectivity index is 1.62. The second-order valence-corrected chi connectivity index (χ2v) is 6.18. The fourth-order valence-electron chi connectivity index (χ4n) is 2.26. The van der Waals surface area contributed by atoms with Crippen LogP contribution >= 0.6 is 11.3 Å². The number of anilines is 1. The molecule has 120 valence electrons. The van der Waals surface area contributed by atoms with Crippen molar-refractivity contribution in [2.45, 2.75) is 19.8 Å². The van der Waals surface area contributed by atoms with Gasteiger partial charge in [-0.15, -0.1) is 0 Å². The molecule has 23 heavy (non-hydrogen) atoms. The van der Waals surface area contributed by atoms with Gasteiger partial charge in [-0.1, -0.05) is 11.3 Å². The number of nitrogens with zero attached hydrogens (tertiary/aromatic N) is 3. The van der Waals surface area contributed by atoms with Gasteiger partial charge in [-0.3, -0.25) is 9.48 Å². The molecule has 0 aliphatic heterocycles. The quantitative estimate of drug-likeness (QED) is 0.754. The maximum Gasteiger partial charge on any atom is 0.226 e. The summed E-state index contributed by atoms with van der Waals surface area (Å²) >= 11 is 1.45. The van der Waals surface area contributed by atoms with Gasteiger partial charge in [-0.05, 0) is 37.1 Å². The van der Waals surface area contributed by atoms with Crippen LogP contribution in [0.5, 0.6) is 5.75 Å².